The van der Waals surface area contributed by atoms with Crippen LogP contribution in [0.25, 0.3) is 0 Å². The molecule has 0 saturated heterocycles. The van der Waals surface area contributed by atoms with Gasteiger partial charge >= 0.3 is 0 Å². The van der Waals surface area contributed by atoms with Gasteiger partial charge in [0.25, 0.3) is 0 Å². The molecule has 0 unspecified atom stereocenters. The lowest BCUT2D eigenvalue weighted by atomic mass is 9.96. The van der Waals surface area contributed by atoms with Crippen molar-refractivity contribution in [1.82, 2.24) is 0 Å². The van der Waals surface area contributed by atoms with Crippen LogP contribution in [0.5, 0.6) is 0 Å². The van der Waals surface area contributed by atoms with Crippen LogP contribution in [0.4, 0.5) is 0 Å². The Morgan fingerprint density at radius 1 is 1.05 bits per heavy atom. The van der Waals surface area contributed by atoms with Crippen molar-refractivity contribution in [2.24, 2.45) is 5.73 Å². The van der Waals surface area contributed by atoms with Crippen molar-refractivity contribution in [2.75, 3.05) is 6.54 Å². The molecule has 2 N–H and O–H groups in total. The Bertz CT molecular complexity index is 611. The van der Waals surface area contributed by atoms with Gasteiger partial charge in [-0.25, -0.2) is 0 Å². The van der Waals surface area contributed by atoms with Crippen molar-refractivity contribution in [1.29, 1.82) is 0 Å². The van der Waals surface area contributed by atoms with Gasteiger partial charge in [0.15, 0.2) is 5.78 Å². The summed E-state index contributed by atoms with van der Waals surface area (Å²) in [5, 5.41) is 0.890. The van der Waals surface area contributed by atoms with Gasteiger partial charge in [0.05, 0.1) is 5.02 Å². The molecule has 0 spiro atoms. The first-order valence-electron chi connectivity index (χ1n) is 5.91. The van der Waals surface area contributed by atoms with Crippen LogP contribution in [-0.4, -0.2) is 12.3 Å². The number of carbonyl (C=O) groups is 1. The van der Waals surface area contributed by atoms with E-state index in [2.05, 4.69) is 0 Å². The second-order valence-electron chi connectivity index (χ2n) is 4.15. The van der Waals surface area contributed by atoms with Gasteiger partial charge in [-0.15, -0.1) is 0 Å². The maximum atomic E-state index is 12.5. The summed E-state index contributed by atoms with van der Waals surface area (Å²) in [5.41, 5.74) is 7.52. The molecule has 0 aliphatic carbocycles. The van der Waals surface area contributed by atoms with Crippen molar-refractivity contribution in [3.63, 3.8) is 0 Å². The van der Waals surface area contributed by atoms with Gasteiger partial charge in [0, 0.05) is 16.1 Å². The average Bonchev–Trinajstić information content (AvgIpc) is 2.42. The van der Waals surface area contributed by atoms with E-state index in [0.717, 1.165) is 5.56 Å². The minimum absolute atomic E-state index is 0.128. The maximum absolute atomic E-state index is 12.5. The van der Waals surface area contributed by atoms with Crippen LogP contribution in [0.1, 0.15) is 21.5 Å². The number of hydrogen-bond acceptors (Lipinski definition) is 2. The smallest absolute Gasteiger partial charge is 0.194 e. The zero-order chi connectivity index (χ0) is 13.8. The molecule has 4 heteroatoms. The highest BCUT2D eigenvalue weighted by atomic mass is 35.5. The molecule has 2 aromatic rings. The Kier molecular flexibility index (Phi) is 4.59. The van der Waals surface area contributed by atoms with Gasteiger partial charge in [-0.05, 0) is 36.7 Å². The van der Waals surface area contributed by atoms with Crippen LogP contribution in [0.2, 0.25) is 10.0 Å². The summed E-state index contributed by atoms with van der Waals surface area (Å²) < 4.78 is 0. The summed E-state index contributed by atoms with van der Waals surface area (Å²) in [6.45, 7) is 0.494. The molecule has 2 aromatic carbocycles. The minimum Gasteiger partial charge on any atom is -0.330 e. The van der Waals surface area contributed by atoms with Crippen LogP contribution in [0.15, 0.2) is 42.5 Å². The lowest BCUT2D eigenvalue weighted by Gasteiger charge is -2.09. The van der Waals surface area contributed by atoms with Gasteiger partial charge in [-0.3, -0.25) is 4.79 Å². The largest absolute Gasteiger partial charge is 0.330 e. The lowest BCUT2D eigenvalue weighted by Crippen LogP contribution is -2.10. The zero-order valence-electron chi connectivity index (χ0n) is 10.2. The standard InChI is InChI=1S/C15H13Cl2NO/c16-11-5-6-14(17)13(9-11)15(19)12-4-2-1-3-10(12)7-8-18/h1-6,9H,7-8,18H2. The molecule has 2 nitrogen and oxygen atoms in total. The first kappa shape index (κ1) is 14.1. The molecule has 0 saturated carbocycles. The zero-order valence-corrected chi connectivity index (χ0v) is 11.7. The molecule has 0 bridgehead atoms. The summed E-state index contributed by atoms with van der Waals surface area (Å²) >= 11 is 12.0. The highest BCUT2D eigenvalue weighted by molar-refractivity contribution is 6.36. The molecule has 0 radical (unpaired) electrons. The van der Waals surface area contributed by atoms with Crippen molar-refractivity contribution in [2.45, 2.75) is 6.42 Å². The Hall–Kier alpha value is -1.35. The highest BCUT2D eigenvalue weighted by Gasteiger charge is 2.16. The second kappa shape index (κ2) is 6.20. The van der Waals surface area contributed by atoms with Crippen LogP contribution in [-0.2, 0) is 6.42 Å². The van der Waals surface area contributed by atoms with Crippen LogP contribution >= 0.6 is 23.2 Å². The second-order valence-corrected chi connectivity index (χ2v) is 4.99. The highest BCUT2D eigenvalue weighted by Crippen LogP contribution is 2.24. The third kappa shape index (κ3) is 3.16. The Labute approximate surface area is 122 Å². The van der Waals surface area contributed by atoms with E-state index < -0.39 is 0 Å². The molecule has 98 valence electrons. The molecule has 19 heavy (non-hydrogen) atoms. The van der Waals surface area contributed by atoms with Gasteiger partial charge in [0.1, 0.15) is 0 Å². The molecule has 0 amide bonds. The number of benzene rings is 2. The number of ketones is 1. The van der Waals surface area contributed by atoms with Crippen molar-refractivity contribution < 1.29 is 4.79 Å². The molecule has 0 atom stereocenters. The summed E-state index contributed by atoms with van der Waals surface area (Å²) in [7, 11) is 0. The third-order valence-electron chi connectivity index (χ3n) is 2.85. The van der Waals surface area contributed by atoms with E-state index >= 15 is 0 Å². The molecule has 0 aliphatic rings. The van der Waals surface area contributed by atoms with E-state index in [1.807, 2.05) is 18.2 Å². The van der Waals surface area contributed by atoms with E-state index in [-0.39, 0.29) is 5.78 Å². The molecular formula is C15H13Cl2NO. The number of carbonyl (C=O) groups excluding carboxylic acids is 1. The SMILES string of the molecule is NCCc1ccccc1C(=O)c1cc(Cl)ccc1Cl. The average molecular weight is 294 g/mol. The number of rotatable bonds is 4. The molecule has 0 aromatic heterocycles. The summed E-state index contributed by atoms with van der Waals surface area (Å²) in [6, 6.07) is 12.3. The third-order valence-corrected chi connectivity index (χ3v) is 3.41. The predicted octanol–water partition coefficient (Wildman–Crippen LogP) is 3.73. The molecule has 0 heterocycles. The van der Waals surface area contributed by atoms with E-state index in [1.165, 1.54) is 0 Å². The number of nitrogens with two attached hydrogens (primary N) is 1. The minimum atomic E-state index is -0.128. The lowest BCUT2D eigenvalue weighted by molar-refractivity contribution is 0.103. The first-order valence-corrected chi connectivity index (χ1v) is 6.67. The maximum Gasteiger partial charge on any atom is 0.194 e. The van der Waals surface area contributed by atoms with Gasteiger partial charge < -0.3 is 5.73 Å². The molecular weight excluding hydrogens is 281 g/mol. The fourth-order valence-electron chi connectivity index (χ4n) is 1.93. The quantitative estimate of drug-likeness (QED) is 0.873. The Morgan fingerprint density at radius 2 is 1.79 bits per heavy atom. The number of halogens is 2. The van der Waals surface area contributed by atoms with Crippen LogP contribution in [0.3, 0.4) is 0 Å². The van der Waals surface area contributed by atoms with Gasteiger partial charge in [0.2, 0.25) is 0 Å². The van der Waals surface area contributed by atoms with Gasteiger partial charge in [-0.2, -0.15) is 0 Å². The van der Waals surface area contributed by atoms with Crippen LogP contribution < -0.4 is 5.73 Å². The Balaban J connectivity index is 2.47. The molecule has 0 aliphatic heterocycles. The topological polar surface area (TPSA) is 43.1 Å². The first-order chi connectivity index (χ1) is 9.13. The fourth-order valence-corrected chi connectivity index (χ4v) is 2.31. The van der Waals surface area contributed by atoms with Crippen LogP contribution in [0, 0.1) is 0 Å². The fraction of sp³-hybridized carbons (Fsp3) is 0.133. The predicted molar refractivity (Wildman–Crippen MR) is 79.1 cm³/mol. The monoisotopic (exact) mass is 293 g/mol. The normalized spacial score (nSPS) is 10.5. The molecule has 0 fully saturated rings. The van der Waals surface area contributed by atoms with E-state index in [1.54, 1.807) is 24.3 Å². The summed E-state index contributed by atoms with van der Waals surface area (Å²) in [5.74, 6) is -0.128. The number of hydrogen-bond donors (Lipinski definition) is 1. The van der Waals surface area contributed by atoms with Gasteiger partial charge in [-0.1, -0.05) is 47.5 Å². The Morgan fingerprint density at radius 3 is 2.53 bits per heavy atom. The van der Waals surface area contributed by atoms with Crippen molar-refractivity contribution in [3.8, 4) is 0 Å². The van der Waals surface area contributed by atoms with E-state index in [0.29, 0.717) is 34.1 Å². The van der Waals surface area contributed by atoms with E-state index in [9.17, 15) is 4.79 Å². The van der Waals surface area contributed by atoms with Crippen molar-refractivity contribution in [3.05, 3.63) is 69.2 Å². The molecule has 2 rings (SSSR count). The summed E-state index contributed by atoms with van der Waals surface area (Å²) in [6.07, 6.45) is 0.653. The van der Waals surface area contributed by atoms with Crippen molar-refractivity contribution >= 4 is 29.0 Å². The summed E-state index contributed by atoms with van der Waals surface area (Å²) in [4.78, 5) is 12.5. The van der Waals surface area contributed by atoms with E-state index in [4.69, 9.17) is 28.9 Å².